The lowest BCUT2D eigenvalue weighted by molar-refractivity contribution is -0.385. The lowest BCUT2D eigenvalue weighted by Crippen LogP contribution is -2.16. The van der Waals surface area contributed by atoms with E-state index in [1.807, 2.05) is 0 Å². The molecule has 0 amide bonds. The molecular formula is C11H8N2O5S. The van der Waals surface area contributed by atoms with E-state index in [4.69, 9.17) is 5.11 Å². The van der Waals surface area contributed by atoms with Gasteiger partial charge in [0.2, 0.25) is 0 Å². The molecule has 1 N–H and O–H groups in total. The van der Waals surface area contributed by atoms with Crippen molar-refractivity contribution in [3.63, 3.8) is 0 Å². The number of hydrogen-bond donors (Lipinski definition) is 1. The van der Waals surface area contributed by atoms with Gasteiger partial charge in [0.05, 0.1) is 11.5 Å². The van der Waals surface area contributed by atoms with Crippen LogP contribution in [0.15, 0.2) is 34.6 Å². The molecule has 8 heteroatoms. The Morgan fingerprint density at radius 1 is 1.47 bits per heavy atom. The fraction of sp³-hybridized carbons (Fsp3) is 0.0909. The maximum absolute atomic E-state index is 11.4. The predicted octanol–water partition coefficient (Wildman–Crippen LogP) is 1.56. The number of nitro benzene ring substituents is 1. The van der Waals surface area contributed by atoms with Crippen LogP contribution in [0.2, 0.25) is 0 Å². The van der Waals surface area contributed by atoms with Gasteiger partial charge in [-0.3, -0.25) is 14.9 Å². The summed E-state index contributed by atoms with van der Waals surface area (Å²) in [6.45, 7) is -0.00829. The molecule has 0 saturated carbocycles. The molecule has 0 unspecified atom stereocenters. The van der Waals surface area contributed by atoms with Gasteiger partial charge in [-0.15, -0.1) is 0 Å². The molecule has 1 aromatic heterocycles. The van der Waals surface area contributed by atoms with Crippen LogP contribution >= 0.6 is 11.3 Å². The number of aromatic nitrogens is 1. The number of rotatable bonds is 4. The summed E-state index contributed by atoms with van der Waals surface area (Å²) >= 11 is 0.975. The minimum Gasteiger partial charge on any atom is -0.477 e. The van der Waals surface area contributed by atoms with Crippen molar-refractivity contribution in [3.05, 3.63) is 60.7 Å². The van der Waals surface area contributed by atoms with Gasteiger partial charge in [0.15, 0.2) is 0 Å². The predicted molar refractivity (Wildman–Crippen MR) is 67.7 cm³/mol. The molecule has 0 radical (unpaired) electrons. The van der Waals surface area contributed by atoms with Crippen molar-refractivity contribution in [2.24, 2.45) is 0 Å². The van der Waals surface area contributed by atoms with Crippen molar-refractivity contribution in [2.45, 2.75) is 6.54 Å². The van der Waals surface area contributed by atoms with Crippen LogP contribution in [0.5, 0.6) is 0 Å². The van der Waals surface area contributed by atoms with E-state index < -0.39 is 16.6 Å². The molecule has 98 valence electrons. The molecule has 2 rings (SSSR count). The molecule has 19 heavy (non-hydrogen) atoms. The number of carboxylic acid groups (broad SMARTS) is 1. The van der Waals surface area contributed by atoms with E-state index in [9.17, 15) is 19.7 Å². The van der Waals surface area contributed by atoms with Gasteiger partial charge in [-0.05, 0) is 5.56 Å². The Morgan fingerprint density at radius 3 is 2.74 bits per heavy atom. The van der Waals surface area contributed by atoms with Crippen molar-refractivity contribution in [1.82, 2.24) is 4.57 Å². The van der Waals surface area contributed by atoms with Crippen LogP contribution in [0.25, 0.3) is 0 Å². The highest BCUT2D eigenvalue weighted by Crippen LogP contribution is 2.23. The van der Waals surface area contributed by atoms with Gasteiger partial charge >= 0.3 is 10.8 Å². The number of carbonyl (C=O) groups is 1. The van der Waals surface area contributed by atoms with Crippen molar-refractivity contribution < 1.29 is 14.8 Å². The smallest absolute Gasteiger partial charge is 0.343 e. The Bertz CT molecular complexity index is 703. The molecule has 0 aliphatic rings. The van der Waals surface area contributed by atoms with Crippen molar-refractivity contribution in [2.75, 3.05) is 0 Å². The monoisotopic (exact) mass is 280 g/mol. The Kier molecular flexibility index (Phi) is 3.43. The molecule has 7 nitrogen and oxygen atoms in total. The first kappa shape index (κ1) is 13.0. The normalized spacial score (nSPS) is 10.3. The van der Waals surface area contributed by atoms with E-state index in [2.05, 4.69) is 0 Å². The summed E-state index contributed by atoms with van der Waals surface area (Å²) < 4.78 is 1.30. The Hall–Kier alpha value is -2.48. The lowest BCUT2D eigenvalue weighted by atomic mass is 10.1. The Morgan fingerprint density at radius 2 is 2.21 bits per heavy atom. The quantitative estimate of drug-likeness (QED) is 0.676. The third kappa shape index (κ3) is 2.52. The molecule has 1 aromatic carbocycles. The highest BCUT2D eigenvalue weighted by molar-refractivity contribution is 7.07. The van der Waals surface area contributed by atoms with Crippen LogP contribution in [0.3, 0.4) is 0 Å². The number of aromatic carboxylic acids is 1. The molecule has 1 heterocycles. The van der Waals surface area contributed by atoms with Gasteiger partial charge in [-0.2, -0.15) is 0 Å². The molecule has 0 atom stereocenters. The van der Waals surface area contributed by atoms with E-state index in [0.29, 0.717) is 0 Å². The van der Waals surface area contributed by atoms with Crippen molar-refractivity contribution in [3.8, 4) is 0 Å². The number of thiazole rings is 1. The van der Waals surface area contributed by atoms with E-state index in [1.54, 1.807) is 5.38 Å². The number of nitro groups is 1. The number of hydrogen-bond acceptors (Lipinski definition) is 5. The second kappa shape index (κ2) is 5.02. The van der Waals surface area contributed by atoms with Crippen LogP contribution in [0.1, 0.15) is 15.9 Å². The van der Waals surface area contributed by atoms with Crippen LogP contribution in [-0.2, 0) is 6.54 Å². The summed E-state index contributed by atoms with van der Waals surface area (Å²) in [6.07, 6.45) is 1.51. The minimum atomic E-state index is -1.38. The summed E-state index contributed by atoms with van der Waals surface area (Å²) in [6, 6.07) is 3.99. The van der Waals surface area contributed by atoms with E-state index in [1.165, 1.54) is 22.9 Å². The minimum absolute atomic E-state index is 0.00829. The highest BCUT2D eigenvalue weighted by Gasteiger charge is 2.23. The van der Waals surface area contributed by atoms with Crippen LogP contribution in [0, 0.1) is 10.1 Å². The van der Waals surface area contributed by atoms with Gasteiger partial charge in [-0.1, -0.05) is 23.5 Å². The summed E-state index contributed by atoms with van der Waals surface area (Å²) in [5.41, 5.74) is -0.638. The average molecular weight is 280 g/mol. The molecule has 0 saturated heterocycles. The molecule has 0 aliphatic heterocycles. The molecule has 0 fully saturated rings. The molecule has 0 aliphatic carbocycles. The maximum atomic E-state index is 11.4. The van der Waals surface area contributed by atoms with Crippen LogP contribution in [-0.4, -0.2) is 20.6 Å². The van der Waals surface area contributed by atoms with Crippen molar-refractivity contribution >= 4 is 23.0 Å². The third-order valence-corrected chi connectivity index (χ3v) is 3.22. The maximum Gasteiger partial charge on any atom is 0.343 e. The average Bonchev–Trinajstić information content (AvgIpc) is 2.74. The second-order valence-corrected chi connectivity index (χ2v) is 4.53. The zero-order valence-corrected chi connectivity index (χ0v) is 10.3. The van der Waals surface area contributed by atoms with Crippen LogP contribution in [0.4, 0.5) is 5.69 Å². The zero-order chi connectivity index (χ0) is 14.0. The highest BCUT2D eigenvalue weighted by atomic mass is 32.1. The molecule has 2 aromatic rings. The first-order valence-corrected chi connectivity index (χ1v) is 6.02. The van der Waals surface area contributed by atoms with Gasteiger partial charge in [0.25, 0.3) is 5.69 Å². The summed E-state index contributed by atoms with van der Waals surface area (Å²) in [7, 11) is 0. The van der Waals surface area contributed by atoms with Crippen LogP contribution < -0.4 is 4.87 Å². The summed E-state index contributed by atoms with van der Waals surface area (Å²) in [5.74, 6) is -1.38. The topological polar surface area (TPSA) is 102 Å². The Labute approximate surface area is 110 Å². The number of benzene rings is 1. The zero-order valence-electron chi connectivity index (χ0n) is 9.48. The standard InChI is InChI=1S/C11H8N2O5S/c14-10(15)9-7(2-1-3-8(9)13(17)18)6-12-4-5-19-11(12)16/h1-5H,6H2,(H,14,15). The van der Waals surface area contributed by atoms with E-state index in [-0.39, 0.29) is 22.5 Å². The van der Waals surface area contributed by atoms with E-state index in [0.717, 1.165) is 17.4 Å². The fourth-order valence-electron chi connectivity index (χ4n) is 1.71. The first-order chi connectivity index (χ1) is 9.00. The lowest BCUT2D eigenvalue weighted by Gasteiger charge is -2.06. The first-order valence-electron chi connectivity index (χ1n) is 5.14. The van der Waals surface area contributed by atoms with Gasteiger partial charge in [0, 0.05) is 17.6 Å². The van der Waals surface area contributed by atoms with Gasteiger partial charge < -0.3 is 9.67 Å². The largest absolute Gasteiger partial charge is 0.477 e. The molecule has 0 spiro atoms. The number of nitrogens with zero attached hydrogens (tertiary/aromatic N) is 2. The second-order valence-electron chi connectivity index (χ2n) is 3.67. The Balaban J connectivity index is 2.54. The van der Waals surface area contributed by atoms with Gasteiger partial charge in [0.1, 0.15) is 5.56 Å². The summed E-state index contributed by atoms with van der Waals surface area (Å²) in [4.78, 5) is 32.4. The summed E-state index contributed by atoms with van der Waals surface area (Å²) in [5, 5.41) is 21.5. The molecule has 0 bridgehead atoms. The third-order valence-electron chi connectivity index (χ3n) is 2.52. The fourth-order valence-corrected chi connectivity index (χ4v) is 2.29. The van der Waals surface area contributed by atoms with Crippen molar-refractivity contribution in [1.29, 1.82) is 0 Å². The number of carboxylic acids is 1. The van der Waals surface area contributed by atoms with E-state index >= 15 is 0 Å². The molecular weight excluding hydrogens is 272 g/mol. The SMILES string of the molecule is O=C(O)c1c(Cn2ccsc2=O)cccc1[N+](=O)[O-]. The van der Waals surface area contributed by atoms with Gasteiger partial charge in [-0.25, -0.2) is 4.79 Å².